The standard InChI is InChI=1S/C10H17N3O/c1-4-5-8(3)14-9-7(2)6-12-10(11)13-9/h6,8H,4-5H2,1-3H3,(H2,11,12,13). The van der Waals surface area contributed by atoms with E-state index in [0.717, 1.165) is 18.4 Å². The number of nitrogen functional groups attached to an aromatic ring is 1. The second-order valence-corrected chi connectivity index (χ2v) is 3.43. The van der Waals surface area contributed by atoms with Crippen LogP contribution in [0.3, 0.4) is 0 Å². The lowest BCUT2D eigenvalue weighted by Crippen LogP contribution is -2.13. The van der Waals surface area contributed by atoms with E-state index >= 15 is 0 Å². The molecule has 1 heterocycles. The van der Waals surface area contributed by atoms with Crippen LogP contribution in [0.2, 0.25) is 0 Å². The third-order valence-electron chi connectivity index (χ3n) is 1.95. The van der Waals surface area contributed by atoms with Crippen LogP contribution in [-0.2, 0) is 0 Å². The number of aromatic nitrogens is 2. The molecule has 0 aliphatic heterocycles. The fraction of sp³-hybridized carbons (Fsp3) is 0.600. The molecule has 4 heteroatoms. The molecule has 1 rings (SSSR count). The van der Waals surface area contributed by atoms with Gasteiger partial charge in [0.1, 0.15) is 0 Å². The third kappa shape index (κ3) is 2.87. The van der Waals surface area contributed by atoms with Gasteiger partial charge in [0.15, 0.2) is 0 Å². The maximum atomic E-state index is 5.64. The number of nitrogens with zero attached hydrogens (tertiary/aromatic N) is 2. The van der Waals surface area contributed by atoms with E-state index in [1.807, 2.05) is 13.8 Å². The summed E-state index contributed by atoms with van der Waals surface area (Å²) in [4.78, 5) is 7.92. The fourth-order valence-electron chi connectivity index (χ4n) is 1.21. The van der Waals surface area contributed by atoms with E-state index in [-0.39, 0.29) is 12.1 Å². The zero-order valence-corrected chi connectivity index (χ0v) is 8.95. The summed E-state index contributed by atoms with van der Waals surface area (Å²) >= 11 is 0. The van der Waals surface area contributed by atoms with E-state index in [0.29, 0.717) is 5.88 Å². The molecule has 78 valence electrons. The number of hydrogen-bond acceptors (Lipinski definition) is 4. The third-order valence-corrected chi connectivity index (χ3v) is 1.95. The molecule has 1 aromatic heterocycles. The average molecular weight is 195 g/mol. The maximum Gasteiger partial charge on any atom is 0.223 e. The second kappa shape index (κ2) is 4.79. The number of hydrogen-bond donors (Lipinski definition) is 1. The molecule has 0 radical (unpaired) electrons. The minimum absolute atomic E-state index is 0.174. The summed E-state index contributed by atoms with van der Waals surface area (Å²) < 4.78 is 5.64. The zero-order valence-electron chi connectivity index (χ0n) is 8.95. The van der Waals surface area contributed by atoms with Gasteiger partial charge in [-0.25, -0.2) is 4.98 Å². The van der Waals surface area contributed by atoms with Gasteiger partial charge >= 0.3 is 0 Å². The van der Waals surface area contributed by atoms with Crippen molar-refractivity contribution < 1.29 is 4.74 Å². The Bertz CT molecular complexity index is 301. The Morgan fingerprint density at radius 2 is 2.29 bits per heavy atom. The molecular weight excluding hydrogens is 178 g/mol. The van der Waals surface area contributed by atoms with E-state index < -0.39 is 0 Å². The van der Waals surface area contributed by atoms with Crippen LogP contribution in [-0.4, -0.2) is 16.1 Å². The molecule has 0 amide bonds. The molecule has 0 bridgehead atoms. The van der Waals surface area contributed by atoms with Crippen molar-refractivity contribution in [3.63, 3.8) is 0 Å². The van der Waals surface area contributed by atoms with Crippen LogP contribution >= 0.6 is 0 Å². The molecule has 4 nitrogen and oxygen atoms in total. The van der Waals surface area contributed by atoms with E-state index in [1.165, 1.54) is 0 Å². The minimum atomic E-state index is 0.174. The van der Waals surface area contributed by atoms with Crippen molar-refractivity contribution in [3.8, 4) is 5.88 Å². The summed E-state index contributed by atoms with van der Waals surface area (Å²) in [6, 6.07) is 0. The predicted molar refractivity (Wildman–Crippen MR) is 56.2 cm³/mol. The molecule has 0 saturated heterocycles. The quantitative estimate of drug-likeness (QED) is 0.797. The molecule has 1 atom stereocenters. The summed E-state index contributed by atoms with van der Waals surface area (Å²) in [5.74, 6) is 0.854. The van der Waals surface area contributed by atoms with Crippen LogP contribution in [0, 0.1) is 6.92 Å². The van der Waals surface area contributed by atoms with Crippen molar-refractivity contribution in [1.29, 1.82) is 0 Å². The summed E-state index contributed by atoms with van der Waals surface area (Å²) in [5.41, 5.74) is 6.39. The highest BCUT2D eigenvalue weighted by Crippen LogP contribution is 2.16. The minimum Gasteiger partial charge on any atom is -0.474 e. The highest BCUT2D eigenvalue weighted by molar-refractivity contribution is 5.28. The van der Waals surface area contributed by atoms with E-state index in [9.17, 15) is 0 Å². The number of aryl methyl sites for hydroxylation is 1. The van der Waals surface area contributed by atoms with Crippen molar-refractivity contribution in [2.24, 2.45) is 0 Å². The molecule has 1 aromatic rings. The molecule has 0 aliphatic rings. The van der Waals surface area contributed by atoms with Crippen LogP contribution in [0.5, 0.6) is 5.88 Å². The van der Waals surface area contributed by atoms with Gasteiger partial charge in [0, 0.05) is 11.8 Å². The lowest BCUT2D eigenvalue weighted by molar-refractivity contribution is 0.200. The highest BCUT2D eigenvalue weighted by Gasteiger charge is 2.07. The number of rotatable bonds is 4. The van der Waals surface area contributed by atoms with Gasteiger partial charge in [0.25, 0.3) is 0 Å². The van der Waals surface area contributed by atoms with Gasteiger partial charge in [0.2, 0.25) is 11.8 Å². The maximum absolute atomic E-state index is 5.64. The van der Waals surface area contributed by atoms with Crippen molar-refractivity contribution >= 4 is 5.95 Å². The van der Waals surface area contributed by atoms with Gasteiger partial charge in [-0.3, -0.25) is 0 Å². The lowest BCUT2D eigenvalue weighted by atomic mass is 10.2. The molecule has 0 fully saturated rings. The van der Waals surface area contributed by atoms with Gasteiger partial charge in [-0.15, -0.1) is 0 Å². The summed E-state index contributed by atoms with van der Waals surface area (Å²) in [6.07, 6.45) is 3.97. The normalized spacial score (nSPS) is 12.5. The molecular formula is C10H17N3O. The first-order chi connectivity index (χ1) is 6.63. The summed E-state index contributed by atoms with van der Waals surface area (Å²) in [5, 5.41) is 0. The average Bonchev–Trinajstić information content (AvgIpc) is 2.12. The first-order valence-corrected chi connectivity index (χ1v) is 4.89. The Balaban J connectivity index is 2.70. The highest BCUT2D eigenvalue weighted by atomic mass is 16.5. The van der Waals surface area contributed by atoms with Gasteiger partial charge in [-0.1, -0.05) is 13.3 Å². The summed E-state index contributed by atoms with van der Waals surface area (Å²) in [7, 11) is 0. The molecule has 2 N–H and O–H groups in total. The van der Waals surface area contributed by atoms with Crippen molar-refractivity contribution in [3.05, 3.63) is 11.8 Å². The number of anilines is 1. The van der Waals surface area contributed by atoms with Crippen molar-refractivity contribution in [2.75, 3.05) is 5.73 Å². The Kier molecular flexibility index (Phi) is 3.68. The molecule has 0 aliphatic carbocycles. The molecule has 0 saturated carbocycles. The SMILES string of the molecule is CCCC(C)Oc1nc(N)ncc1C. The van der Waals surface area contributed by atoms with Gasteiger partial charge in [0.05, 0.1) is 6.10 Å². The van der Waals surface area contributed by atoms with Gasteiger partial charge in [-0.05, 0) is 20.3 Å². The molecule has 0 aromatic carbocycles. The monoisotopic (exact) mass is 195 g/mol. The molecule has 0 spiro atoms. The second-order valence-electron chi connectivity index (χ2n) is 3.43. The molecule has 1 unspecified atom stereocenters. The van der Waals surface area contributed by atoms with Crippen LogP contribution in [0.4, 0.5) is 5.95 Å². The van der Waals surface area contributed by atoms with E-state index in [2.05, 4.69) is 16.9 Å². The number of nitrogens with two attached hydrogens (primary N) is 1. The van der Waals surface area contributed by atoms with Crippen molar-refractivity contribution in [2.45, 2.75) is 39.7 Å². The smallest absolute Gasteiger partial charge is 0.223 e. The Morgan fingerprint density at radius 3 is 2.93 bits per heavy atom. The topological polar surface area (TPSA) is 61.0 Å². The van der Waals surface area contributed by atoms with E-state index in [1.54, 1.807) is 6.20 Å². The lowest BCUT2D eigenvalue weighted by Gasteiger charge is -2.14. The predicted octanol–water partition coefficient (Wildman–Crippen LogP) is 1.93. The van der Waals surface area contributed by atoms with Crippen LogP contribution in [0.15, 0.2) is 6.20 Å². The Morgan fingerprint density at radius 1 is 1.57 bits per heavy atom. The van der Waals surface area contributed by atoms with Crippen LogP contribution in [0.25, 0.3) is 0 Å². The number of ether oxygens (including phenoxy) is 1. The zero-order chi connectivity index (χ0) is 10.6. The first kappa shape index (κ1) is 10.8. The van der Waals surface area contributed by atoms with Gasteiger partial charge in [-0.2, -0.15) is 4.98 Å². The van der Waals surface area contributed by atoms with Crippen LogP contribution in [0.1, 0.15) is 32.3 Å². The fourth-order valence-corrected chi connectivity index (χ4v) is 1.21. The Labute approximate surface area is 84.5 Å². The van der Waals surface area contributed by atoms with Gasteiger partial charge < -0.3 is 10.5 Å². The summed E-state index contributed by atoms with van der Waals surface area (Å²) in [6.45, 7) is 6.07. The molecule has 14 heavy (non-hydrogen) atoms. The van der Waals surface area contributed by atoms with Crippen molar-refractivity contribution in [1.82, 2.24) is 9.97 Å². The van der Waals surface area contributed by atoms with Crippen LogP contribution < -0.4 is 10.5 Å². The largest absolute Gasteiger partial charge is 0.474 e. The first-order valence-electron chi connectivity index (χ1n) is 4.89. The Hall–Kier alpha value is -1.32. The van der Waals surface area contributed by atoms with E-state index in [4.69, 9.17) is 10.5 Å².